The van der Waals surface area contributed by atoms with E-state index < -0.39 is 5.97 Å². The summed E-state index contributed by atoms with van der Waals surface area (Å²) >= 11 is 0. The molecule has 1 heterocycles. The van der Waals surface area contributed by atoms with E-state index in [0.29, 0.717) is 24.3 Å². The summed E-state index contributed by atoms with van der Waals surface area (Å²) in [6.45, 7) is 0.523. The normalized spacial score (nSPS) is 20.3. The highest BCUT2D eigenvalue weighted by atomic mass is 35.5. The molecule has 116 valence electrons. The molecule has 0 bridgehead atoms. The minimum Gasteiger partial charge on any atom is -0.488 e. The molecule has 1 fully saturated rings. The fourth-order valence-corrected chi connectivity index (χ4v) is 2.14. The second kappa shape index (κ2) is 7.85. The molecule has 6 nitrogen and oxygen atoms in total. The number of benzene rings is 1. The summed E-state index contributed by atoms with van der Waals surface area (Å²) < 4.78 is 15.2. The van der Waals surface area contributed by atoms with Gasteiger partial charge in [0, 0.05) is 13.0 Å². The van der Waals surface area contributed by atoms with E-state index in [1.54, 1.807) is 24.3 Å². The lowest BCUT2D eigenvalue weighted by Gasteiger charge is -2.15. The van der Waals surface area contributed by atoms with E-state index in [1.807, 2.05) is 0 Å². The van der Waals surface area contributed by atoms with Crippen molar-refractivity contribution >= 4 is 24.3 Å². The van der Waals surface area contributed by atoms with Crippen LogP contribution < -0.4 is 10.1 Å². The summed E-state index contributed by atoms with van der Waals surface area (Å²) in [6, 6.07) is 6.50. The summed E-state index contributed by atoms with van der Waals surface area (Å²) in [5.74, 6) is -0.301. The summed E-state index contributed by atoms with van der Waals surface area (Å²) in [7, 11) is 2.67. The Morgan fingerprint density at radius 3 is 2.57 bits per heavy atom. The van der Waals surface area contributed by atoms with Gasteiger partial charge in [0.1, 0.15) is 23.5 Å². The molecular formula is C14H18ClNO5. The van der Waals surface area contributed by atoms with Crippen LogP contribution >= 0.6 is 12.4 Å². The van der Waals surface area contributed by atoms with Crippen LogP contribution in [0.4, 0.5) is 0 Å². The molecule has 21 heavy (non-hydrogen) atoms. The lowest BCUT2D eigenvalue weighted by atomic mass is 10.2. The molecule has 0 radical (unpaired) electrons. The average Bonchev–Trinajstić information content (AvgIpc) is 2.94. The van der Waals surface area contributed by atoms with Crippen LogP contribution in [-0.4, -0.2) is 44.8 Å². The second-order valence-electron chi connectivity index (χ2n) is 4.45. The second-order valence-corrected chi connectivity index (χ2v) is 4.45. The van der Waals surface area contributed by atoms with E-state index in [-0.39, 0.29) is 30.5 Å². The van der Waals surface area contributed by atoms with Gasteiger partial charge in [-0.2, -0.15) is 0 Å². The van der Waals surface area contributed by atoms with Crippen molar-refractivity contribution in [2.45, 2.75) is 18.6 Å². The zero-order chi connectivity index (χ0) is 14.5. The largest absolute Gasteiger partial charge is 0.488 e. The number of carbonyl (C=O) groups is 2. The van der Waals surface area contributed by atoms with Crippen molar-refractivity contribution in [1.29, 1.82) is 0 Å². The Labute approximate surface area is 129 Å². The first-order chi connectivity index (χ1) is 9.65. The van der Waals surface area contributed by atoms with E-state index in [1.165, 1.54) is 14.2 Å². The molecule has 0 aliphatic carbocycles. The fraction of sp³-hybridized carbons (Fsp3) is 0.429. The van der Waals surface area contributed by atoms with Crippen molar-refractivity contribution in [3.63, 3.8) is 0 Å². The summed E-state index contributed by atoms with van der Waals surface area (Å²) in [5.41, 5.74) is 0.372. The number of nitrogens with one attached hydrogen (secondary N) is 1. The predicted molar refractivity (Wildman–Crippen MR) is 77.9 cm³/mol. The van der Waals surface area contributed by atoms with Gasteiger partial charge >= 0.3 is 11.9 Å². The quantitative estimate of drug-likeness (QED) is 0.841. The van der Waals surface area contributed by atoms with Crippen LogP contribution in [0.15, 0.2) is 24.3 Å². The number of hydrogen-bond acceptors (Lipinski definition) is 6. The molecule has 0 saturated carbocycles. The summed E-state index contributed by atoms with van der Waals surface area (Å²) in [4.78, 5) is 23.1. The molecule has 1 saturated heterocycles. The molecule has 1 aromatic carbocycles. The standard InChI is InChI=1S/C14H17NO5.ClH/c1-18-13(16)10-5-3-4-6-12(10)20-9-7-11(15-8-9)14(17)19-2;/h3-6,9,11,15H,7-8H2,1-2H3;1H. The highest BCUT2D eigenvalue weighted by molar-refractivity contribution is 5.92. The third-order valence-corrected chi connectivity index (χ3v) is 3.16. The predicted octanol–water partition coefficient (Wildman–Crippen LogP) is 1.18. The Kier molecular flexibility index (Phi) is 6.45. The molecule has 0 amide bonds. The SMILES string of the molecule is COC(=O)c1ccccc1OC1CNC(C(=O)OC)C1.Cl. The molecule has 2 rings (SSSR count). The Balaban J connectivity index is 0.00000220. The van der Waals surface area contributed by atoms with Gasteiger partial charge in [-0.05, 0) is 12.1 Å². The molecule has 0 aromatic heterocycles. The van der Waals surface area contributed by atoms with Crippen LogP contribution in [0.25, 0.3) is 0 Å². The zero-order valence-electron chi connectivity index (χ0n) is 11.8. The maximum Gasteiger partial charge on any atom is 0.341 e. The maximum absolute atomic E-state index is 11.6. The number of methoxy groups -OCH3 is 2. The monoisotopic (exact) mass is 315 g/mol. The molecular weight excluding hydrogens is 298 g/mol. The third kappa shape index (κ3) is 4.09. The van der Waals surface area contributed by atoms with Crippen LogP contribution in [0.3, 0.4) is 0 Å². The van der Waals surface area contributed by atoms with Crippen LogP contribution in [-0.2, 0) is 14.3 Å². The molecule has 1 aromatic rings. The third-order valence-electron chi connectivity index (χ3n) is 3.16. The van der Waals surface area contributed by atoms with Crippen molar-refractivity contribution in [3.8, 4) is 5.75 Å². The Morgan fingerprint density at radius 1 is 1.19 bits per heavy atom. The van der Waals surface area contributed by atoms with Gasteiger partial charge in [0.25, 0.3) is 0 Å². The van der Waals surface area contributed by atoms with Gasteiger partial charge in [-0.25, -0.2) is 4.79 Å². The minimum absolute atomic E-state index is 0. The van der Waals surface area contributed by atoms with Gasteiger partial charge in [0.15, 0.2) is 0 Å². The average molecular weight is 316 g/mol. The lowest BCUT2D eigenvalue weighted by Crippen LogP contribution is -2.31. The highest BCUT2D eigenvalue weighted by Crippen LogP contribution is 2.23. The first kappa shape index (κ1) is 17.3. The van der Waals surface area contributed by atoms with Crippen molar-refractivity contribution in [2.75, 3.05) is 20.8 Å². The smallest absolute Gasteiger partial charge is 0.341 e. The van der Waals surface area contributed by atoms with E-state index in [0.717, 1.165) is 0 Å². The number of hydrogen-bond donors (Lipinski definition) is 1. The van der Waals surface area contributed by atoms with Crippen molar-refractivity contribution < 1.29 is 23.8 Å². The maximum atomic E-state index is 11.6. The van der Waals surface area contributed by atoms with E-state index in [4.69, 9.17) is 9.47 Å². The van der Waals surface area contributed by atoms with E-state index in [2.05, 4.69) is 10.1 Å². The van der Waals surface area contributed by atoms with Crippen molar-refractivity contribution in [2.24, 2.45) is 0 Å². The first-order valence-electron chi connectivity index (χ1n) is 6.31. The van der Waals surface area contributed by atoms with Gasteiger partial charge < -0.3 is 19.5 Å². The number of carbonyl (C=O) groups excluding carboxylic acids is 2. The molecule has 0 spiro atoms. The molecule has 1 aliphatic rings. The summed E-state index contributed by atoms with van der Waals surface area (Å²) in [5, 5.41) is 3.02. The van der Waals surface area contributed by atoms with E-state index in [9.17, 15) is 9.59 Å². The molecule has 7 heteroatoms. The van der Waals surface area contributed by atoms with Gasteiger partial charge in [0.05, 0.1) is 14.2 Å². The van der Waals surface area contributed by atoms with Gasteiger partial charge in [-0.3, -0.25) is 4.79 Å². The Bertz CT molecular complexity index is 508. The number of ether oxygens (including phenoxy) is 3. The number of esters is 2. The zero-order valence-corrected chi connectivity index (χ0v) is 12.6. The lowest BCUT2D eigenvalue weighted by molar-refractivity contribution is -0.142. The minimum atomic E-state index is -0.448. The van der Waals surface area contributed by atoms with Crippen LogP contribution in [0.1, 0.15) is 16.8 Å². The van der Waals surface area contributed by atoms with Gasteiger partial charge in [-0.15, -0.1) is 12.4 Å². The van der Waals surface area contributed by atoms with Crippen molar-refractivity contribution in [3.05, 3.63) is 29.8 Å². The number of para-hydroxylation sites is 1. The molecule has 1 aliphatic heterocycles. The van der Waals surface area contributed by atoms with Crippen LogP contribution in [0.2, 0.25) is 0 Å². The topological polar surface area (TPSA) is 73.9 Å². The molecule has 2 atom stereocenters. The summed E-state index contributed by atoms with van der Waals surface area (Å²) in [6.07, 6.45) is 0.312. The van der Waals surface area contributed by atoms with Crippen molar-refractivity contribution in [1.82, 2.24) is 5.32 Å². The molecule has 2 unspecified atom stereocenters. The highest BCUT2D eigenvalue weighted by Gasteiger charge is 2.32. The first-order valence-corrected chi connectivity index (χ1v) is 6.31. The van der Waals surface area contributed by atoms with Crippen LogP contribution in [0, 0.1) is 0 Å². The van der Waals surface area contributed by atoms with E-state index >= 15 is 0 Å². The van der Waals surface area contributed by atoms with Gasteiger partial charge in [0.2, 0.25) is 0 Å². The fourth-order valence-electron chi connectivity index (χ4n) is 2.14. The number of halogens is 1. The van der Waals surface area contributed by atoms with Crippen LogP contribution in [0.5, 0.6) is 5.75 Å². The van der Waals surface area contributed by atoms with Gasteiger partial charge in [-0.1, -0.05) is 12.1 Å². The Morgan fingerprint density at radius 2 is 1.90 bits per heavy atom. The number of rotatable bonds is 4. The molecule has 1 N–H and O–H groups in total. The Hall–Kier alpha value is -1.79.